The average molecular weight is 231 g/mol. The molecular weight excluding hydrogens is 218 g/mol. The van der Waals surface area contributed by atoms with Gasteiger partial charge >= 0.3 is 0 Å². The minimum atomic E-state index is -0.282. The maximum atomic E-state index is 11.6. The molecule has 88 valence electrons. The first kappa shape index (κ1) is 11.3. The summed E-state index contributed by atoms with van der Waals surface area (Å²) >= 11 is 0. The Morgan fingerprint density at radius 2 is 2.35 bits per heavy atom. The molecule has 0 aliphatic carbocycles. The van der Waals surface area contributed by atoms with Crippen LogP contribution in [0, 0.1) is 0 Å². The molecule has 0 radical (unpaired) electrons. The second-order valence-electron chi connectivity index (χ2n) is 3.48. The fourth-order valence-corrected chi connectivity index (χ4v) is 1.51. The number of nitrogens with one attached hydrogen (secondary N) is 2. The fourth-order valence-electron chi connectivity index (χ4n) is 1.51. The van der Waals surface area contributed by atoms with Crippen LogP contribution in [0.2, 0.25) is 0 Å². The van der Waals surface area contributed by atoms with Crippen LogP contribution in [0.15, 0.2) is 24.7 Å². The number of rotatable bonds is 4. The van der Waals surface area contributed by atoms with Crippen molar-refractivity contribution in [2.75, 3.05) is 0 Å². The molecule has 2 aromatic rings. The van der Waals surface area contributed by atoms with Gasteiger partial charge in [0.25, 0.3) is 5.91 Å². The Bertz CT molecular complexity index is 494. The number of carbonyl (C=O) groups is 1. The molecule has 6 heteroatoms. The van der Waals surface area contributed by atoms with Crippen molar-refractivity contribution in [3.8, 4) is 0 Å². The molecule has 0 saturated heterocycles. The summed E-state index contributed by atoms with van der Waals surface area (Å²) in [6, 6.07) is 3.89. The summed E-state index contributed by atoms with van der Waals surface area (Å²) in [5.41, 5.74) is 2.01. The van der Waals surface area contributed by atoms with Crippen LogP contribution in [0.25, 0.3) is 0 Å². The van der Waals surface area contributed by atoms with E-state index in [1.807, 2.05) is 12.1 Å². The summed E-state index contributed by atoms with van der Waals surface area (Å²) in [5, 5.41) is 8.87. The van der Waals surface area contributed by atoms with Crippen LogP contribution >= 0.6 is 0 Å². The van der Waals surface area contributed by atoms with E-state index in [2.05, 4.69) is 32.4 Å². The lowest BCUT2D eigenvalue weighted by molar-refractivity contribution is 0.0940. The Kier molecular flexibility index (Phi) is 3.44. The maximum Gasteiger partial charge on any atom is 0.288 e. The summed E-state index contributed by atoms with van der Waals surface area (Å²) in [5.74, 6) is -0.0748. The van der Waals surface area contributed by atoms with Crippen LogP contribution in [-0.4, -0.2) is 26.1 Å². The summed E-state index contributed by atoms with van der Waals surface area (Å²) < 4.78 is 0. The summed E-state index contributed by atoms with van der Waals surface area (Å²) in [4.78, 5) is 19.6. The molecule has 2 heterocycles. The van der Waals surface area contributed by atoms with E-state index in [1.165, 1.54) is 6.33 Å². The number of pyridine rings is 1. The minimum Gasteiger partial charge on any atom is -0.344 e. The van der Waals surface area contributed by atoms with Gasteiger partial charge in [0.15, 0.2) is 0 Å². The molecule has 0 aromatic carbocycles. The zero-order chi connectivity index (χ0) is 12.1. The number of carbonyl (C=O) groups excluding carboxylic acids is 1. The van der Waals surface area contributed by atoms with E-state index >= 15 is 0 Å². The third-order valence-electron chi connectivity index (χ3n) is 2.41. The fraction of sp³-hybridized carbons (Fsp3) is 0.273. The summed E-state index contributed by atoms with van der Waals surface area (Å²) in [6.07, 6.45) is 3.91. The Balaban J connectivity index is 2.00. The predicted octanol–water partition coefficient (Wildman–Crippen LogP) is 0.692. The van der Waals surface area contributed by atoms with Gasteiger partial charge < -0.3 is 5.32 Å². The van der Waals surface area contributed by atoms with E-state index in [0.717, 1.165) is 17.7 Å². The van der Waals surface area contributed by atoms with Crippen molar-refractivity contribution < 1.29 is 4.79 Å². The number of aromatic nitrogens is 4. The van der Waals surface area contributed by atoms with Crippen LogP contribution < -0.4 is 5.32 Å². The molecule has 1 amide bonds. The molecular formula is C11H13N5O. The van der Waals surface area contributed by atoms with E-state index in [4.69, 9.17) is 0 Å². The summed E-state index contributed by atoms with van der Waals surface area (Å²) in [6.45, 7) is 2.45. The van der Waals surface area contributed by atoms with Crippen molar-refractivity contribution in [1.29, 1.82) is 0 Å². The second-order valence-corrected chi connectivity index (χ2v) is 3.48. The first-order chi connectivity index (χ1) is 8.31. The van der Waals surface area contributed by atoms with Gasteiger partial charge in [0, 0.05) is 6.20 Å². The number of hydrogen-bond donors (Lipinski definition) is 2. The average Bonchev–Trinajstić information content (AvgIpc) is 2.90. The highest BCUT2D eigenvalue weighted by Crippen LogP contribution is 2.05. The Hall–Kier alpha value is -2.24. The number of hydrogen-bond acceptors (Lipinski definition) is 4. The van der Waals surface area contributed by atoms with Gasteiger partial charge in [-0.25, -0.2) is 4.98 Å². The standard InChI is InChI=1S/C11H13N5O/c1-2-8-4-3-5-12-9(8)6-13-11(17)10-14-7-15-16-10/h3-5,7H,2,6H2,1H3,(H,13,17)(H,14,15,16). The zero-order valence-corrected chi connectivity index (χ0v) is 9.47. The largest absolute Gasteiger partial charge is 0.344 e. The van der Waals surface area contributed by atoms with Gasteiger partial charge in [-0.3, -0.25) is 14.9 Å². The highest BCUT2D eigenvalue weighted by molar-refractivity contribution is 5.90. The van der Waals surface area contributed by atoms with Crippen molar-refractivity contribution in [2.24, 2.45) is 0 Å². The third kappa shape index (κ3) is 2.66. The number of aryl methyl sites for hydroxylation is 1. The van der Waals surface area contributed by atoms with Crippen molar-refractivity contribution in [3.63, 3.8) is 0 Å². The molecule has 0 fully saturated rings. The highest BCUT2D eigenvalue weighted by atomic mass is 16.2. The van der Waals surface area contributed by atoms with Crippen molar-refractivity contribution in [1.82, 2.24) is 25.5 Å². The van der Waals surface area contributed by atoms with Crippen LogP contribution in [0.5, 0.6) is 0 Å². The van der Waals surface area contributed by atoms with Crippen LogP contribution in [0.4, 0.5) is 0 Å². The van der Waals surface area contributed by atoms with Gasteiger partial charge in [0.1, 0.15) is 6.33 Å². The van der Waals surface area contributed by atoms with Gasteiger partial charge in [-0.1, -0.05) is 13.0 Å². The van der Waals surface area contributed by atoms with E-state index < -0.39 is 0 Å². The lowest BCUT2D eigenvalue weighted by Gasteiger charge is -2.06. The molecule has 0 unspecified atom stereocenters. The molecule has 6 nitrogen and oxygen atoms in total. The van der Waals surface area contributed by atoms with Crippen molar-refractivity contribution in [3.05, 3.63) is 41.7 Å². The number of nitrogens with zero attached hydrogens (tertiary/aromatic N) is 3. The topological polar surface area (TPSA) is 83.6 Å². The van der Waals surface area contributed by atoms with Gasteiger partial charge in [-0.15, -0.1) is 0 Å². The first-order valence-corrected chi connectivity index (χ1v) is 5.37. The lowest BCUT2D eigenvalue weighted by atomic mass is 10.1. The van der Waals surface area contributed by atoms with Gasteiger partial charge in [-0.05, 0) is 18.1 Å². The zero-order valence-electron chi connectivity index (χ0n) is 9.47. The maximum absolute atomic E-state index is 11.6. The van der Waals surface area contributed by atoms with Crippen LogP contribution in [-0.2, 0) is 13.0 Å². The third-order valence-corrected chi connectivity index (χ3v) is 2.41. The Morgan fingerprint density at radius 3 is 3.06 bits per heavy atom. The molecule has 0 aliphatic rings. The number of amides is 1. The predicted molar refractivity (Wildman–Crippen MR) is 61.2 cm³/mol. The van der Waals surface area contributed by atoms with Crippen LogP contribution in [0.1, 0.15) is 28.8 Å². The van der Waals surface area contributed by atoms with E-state index in [9.17, 15) is 4.79 Å². The van der Waals surface area contributed by atoms with Gasteiger partial charge in [-0.2, -0.15) is 5.10 Å². The minimum absolute atomic E-state index is 0.207. The van der Waals surface area contributed by atoms with Crippen LogP contribution in [0.3, 0.4) is 0 Å². The number of aromatic amines is 1. The highest BCUT2D eigenvalue weighted by Gasteiger charge is 2.09. The van der Waals surface area contributed by atoms with Gasteiger partial charge in [0.05, 0.1) is 12.2 Å². The molecule has 0 aliphatic heterocycles. The van der Waals surface area contributed by atoms with E-state index in [-0.39, 0.29) is 11.7 Å². The molecule has 0 bridgehead atoms. The lowest BCUT2D eigenvalue weighted by Crippen LogP contribution is -2.25. The SMILES string of the molecule is CCc1cccnc1CNC(=O)c1ncn[nH]1. The van der Waals surface area contributed by atoms with Gasteiger partial charge in [0.2, 0.25) is 5.82 Å². The van der Waals surface area contributed by atoms with Crippen molar-refractivity contribution in [2.45, 2.75) is 19.9 Å². The molecule has 0 saturated carbocycles. The quantitative estimate of drug-likeness (QED) is 0.811. The van der Waals surface area contributed by atoms with E-state index in [0.29, 0.717) is 6.54 Å². The molecule has 17 heavy (non-hydrogen) atoms. The second kappa shape index (κ2) is 5.20. The number of H-pyrrole nitrogens is 1. The normalized spacial score (nSPS) is 10.2. The molecule has 0 atom stereocenters. The molecule has 2 N–H and O–H groups in total. The Labute approximate surface area is 98.5 Å². The molecule has 2 rings (SSSR count). The van der Waals surface area contributed by atoms with E-state index in [1.54, 1.807) is 6.20 Å². The smallest absolute Gasteiger partial charge is 0.288 e. The van der Waals surface area contributed by atoms with Crippen molar-refractivity contribution >= 4 is 5.91 Å². The summed E-state index contributed by atoms with van der Waals surface area (Å²) in [7, 11) is 0. The monoisotopic (exact) mass is 231 g/mol. The molecule has 2 aromatic heterocycles. The molecule has 0 spiro atoms. The first-order valence-electron chi connectivity index (χ1n) is 5.37. The Morgan fingerprint density at radius 1 is 1.47 bits per heavy atom.